The Hall–Kier alpha value is -7.54. The van der Waals surface area contributed by atoms with Gasteiger partial charge in [0.05, 0.1) is 5.41 Å². The second kappa shape index (κ2) is 14.4. The Labute approximate surface area is 346 Å². The molecule has 10 aromatic rings. The molecular formula is C59H40. The largest absolute Gasteiger partial charge is 0.0713 e. The Morgan fingerprint density at radius 2 is 0.593 bits per heavy atom. The summed E-state index contributed by atoms with van der Waals surface area (Å²) in [6.07, 6.45) is 4.40. The summed E-state index contributed by atoms with van der Waals surface area (Å²) in [6.45, 7) is 0. The van der Waals surface area contributed by atoms with Crippen LogP contribution < -0.4 is 0 Å². The Kier molecular flexibility index (Phi) is 8.49. The summed E-state index contributed by atoms with van der Waals surface area (Å²) in [6, 6.07) is 84.6. The molecule has 0 N–H and O–H groups in total. The highest BCUT2D eigenvalue weighted by atomic mass is 14.5. The first-order chi connectivity index (χ1) is 29.3. The van der Waals surface area contributed by atoms with Crippen molar-refractivity contribution in [3.63, 3.8) is 0 Å². The van der Waals surface area contributed by atoms with Crippen molar-refractivity contribution in [1.82, 2.24) is 0 Å². The van der Waals surface area contributed by atoms with E-state index in [0.29, 0.717) is 0 Å². The molecule has 1 aliphatic rings. The van der Waals surface area contributed by atoms with Crippen LogP contribution in [-0.2, 0) is 5.41 Å². The third-order valence-electron chi connectivity index (χ3n) is 12.4. The van der Waals surface area contributed by atoms with E-state index >= 15 is 0 Å². The lowest BCUT2D eigenvalue weighted by Gasteiger charge is -2.34. The van der Waals surface area contributed by atoms with Crippen LogP contribution in [0.1, 0.15) is 33.4 Å². The van der Waals surface area contributed by atoms with Gasteiger partial charge < -0.3 is 0 Å². The second-order valence-corrected chi connectivity index (χ2v) is 15.6. The summed E-state index contributed by atoms with van der Waals surface area (Å²) in [5.74, 6) is 0. The molecular weight excluding hydrogens is 709 g/mol. The van der Waals surface area contributed by atoms with Gasteiger partial charge in [-0.15, -0.1) is 0 Å². The molecule has 0 radical (unpaired) electrons. The van der Waals surface area contributed by atoms with Gasteiger partial charge >= 0.3 is 0 Å². The minimum absolute atomic E-state index is 0.421. The number of hydrogen-bond donors (Lipinski definition) is 0. The summed E-state index contributed by atoms with van der Waals surface area (Å²) in [5.41, 5.74) is 17.2. The molecule has 0 nitrogen and oxygen atoms in total. The van der Waals surface area contributed by atoms with Crippen LogP contribution in [0.5, 0.6) is 0 Å². The second-order valence-electron chi connectivity index (χ2n) is 15.6. The SMILES string of the molecule is C(=C\c1ccc(-c2c3ccccc3c(-c3ccc(C4(c5ccccc5)c5ccccc5-c5ccccc54)cc3)c3ccccc23)cc1)/c1ccc(-c2ccccc2)cc1. The summed E-state index contributed by atoms with van der Waals surface area (Å²) in [4.78, 5) is 0. The maximum Gasteiger partial charge on any atom is 0.0713 e. The Bertz CT molecular complexity index is 3050. The van der Waals surface area contributed by atoms with Crippen molar-refractivity contribution in [2.45, 2.75) is 5.41 Å². The first-order valence-electron chi connectivity index (χ1n) is 20.5. The summed E-state index contributed by atoms with van der Waals surface area (Å²) in [7, 11) is 0. The highest BCUT2D eigenvalue weighted by Gasteiger charge is 2.45. The predicted molar refractivity (Wildman–Crippen MR) is 250 cm³/mol. The quantitative estimate of drug-likeness (QED) is 0.112. The van der Waals surface area contributed by atoms with Crippen LogP contribution in [0, 0.1) is 0 Å². The Balaban J connectivity index is 0.991. The van der Waals surface area contributed by atoms with Crippen molar-refractivity contribution in [2.24, 2.45) is 0 Å². The number of hydrogen-bond acceptors (Lipinski definition) is 0. The van der Waals surface area contributed by atoms with Gasteiger partial charge in [-0.05, 0) is 99.4 Å². The summed E-state index contributed by atoms with van der Waals surface area (Å²) >= 11 is 0. The molecule has 0 unspecified atom stereocenters. The average molecular weight is 749 g/mol. The maximum atomic E-state index is 2.38. The molecule has 0 saturated heterocycles. The van der Waals surface area contributed by atoms with Crippen molar-refractivity contribution in [2.75, 3.05) is 0 Å². The van der Waals surface area contributed by atoms with Gasteiger partial charge in [0, 0.05) is 0 Å². The van der Waals surface area contributed by atoms with Crippen LogP contribution in [0.15, 0.2) is 231 Å². The molecule has 59 heavy (non-hydrogen) atoms. The zero-order valence-electron chi connectivity index (χ0n) is 32.6. The highest BCUT2D eigenvalue weighted by molar-refractivity contribution is 6.21. The van der Waals surface area contributed by atoms with E-state index in [1.165, 1.54) is 99.4 Å². The minimum Gasteiger partial charge on any atom is -0.0622 e. The van der Waals surface area contributed by atoms with Gasteiger partial charge in [-0.3, -0.25) is 0 Å². The van der Waals surface area contributed by atoms with Gasteiger partial charge in [0.1, 0.15) is 0 Å². The van der Waals surface area contributed by atoms with Gasteiger partial charge in [-0.2, -0.15) is 0 Å². The molecule has 0 heterocycles. The first kappa shape index (κ1) is 34.7. The predicted octanol–water partition coefficient (Wildman–Crippen LogP) is 15.5. The molecule has 0 atom stereocenters. The van der Waals surface area contributed by atoms with E-state index in [1.807, 2.05) is 0 Å². The normalized spacial score (nSPS) is 12.8. The Morgan fingerprint density at radius 1 is 0.254 bits per heavy atom. The van der Waals surface area contributed by atoms with Gasteiger partial charge in [0.25, 0.3) is 0 Å². The van der Waals surface area contributed by atoms with E-state index in [9.17, 15) is 0 Å². The van der Waals surface area contributed by atoms with Gasteiger partial charge in [-0.25, -0.2) is 0 Å². The first-order valence-corrected chi connectivity index (χ1v) is 20.5. The smallest absolute Gasteiger partial charge is 0.0622 e. The lowest BCUT2D eigenvalue weighted by Crippen LogP contribution is -2.28. The zero-order chi connectivity index (χ0) is 39.2. The fourth-order valence-corrected chi connectivity index (χ4v) is 9.72. The standard InChI is InChI=1S/C59H40/c1-3-15-43(16-4-1)44-33-29-41(30-34-44)27-28-42-31-35-45(36-32-42)57-51-21-7-9-23-53(51)58(54-24-10-8-22-52(54)57)46-37-39-48(40-38-46)59(47-17-5-2-6-18-47)55-25-13-11-19-49(55)50-20-12-14-26-56(50)59/h1-40H/b28-27+. The molecule has 0 fully saturated rings. The van der Waals surface area contributed by atoms with E-state index in [-0.39, 0.29) is 0 Å². The van der Waals surface area contributed by atoms with Crippen LogP contribution in [0.3, 0.4) is 0 Å². The maximum absolute atomic E-state index is 2.38. The Morgan fingerprint density at radius 3 is 1.07 bits per heavy atom. The van der Waals surface area contributed by atoms with Crippen LogP contribution in [0.4, 0.5) is 0 Å². The van der Waals surface area contributed by atoms with Crippen molar-refractivity contribution in [1.29, 1.82) is 0 Å². The van der Waals surface area contributed by atoms with Gasteiger partial charge in [0.2, 0.25) is 0 Å². The number of fused-ring (bicyclic) bond motifs is 5. The number of rotatable bonds is 7. The average Bonchev–Trinajstić information content (AvgIpc) is 3.62. The lowest BCUT2D eigenvalue weighted by atomic mass is 9.67. The van der Waals surface area contributed by atoms with E-state index in [0.717, 1.165) is 0 Å². The molecule has 0 saturated carbocycles. The van der Waals surface area contributed by atoms with E-state index in [4.69, 9.17) is 0 Å². The molecule has 0 aliphatic heterocycles. The fraction of sp³-hybridized carbons (Fsp3) is 0.0169. The summed E-state index contributed by atoms with van der Waals surface area (Å²) in [5, 5.41) is 5.02. The summed E-state index contributed by atoms with van der Waals surface area (Å²) < 4.78 is 0. The topological polar surface area (TPSA) is 0 Å². The third-order valence-corrected chi connectivity index (χ3v) is 12.4. The number of benzene rings is 10. The minimum atomic E-state index is -0.421. The van der Waals surface area contributed by atoms with Crippen molar-refractivity contribution < 1.29 is 0 Å². The molecule has 0 aromatic heterocycles. The molecule has 1 aliphatic carbocycles. The lowest BCUT2D eigenvalue weighted by molar-refractivity contribution is 0.768. The molecule has 11 rings (SSSR count). The van der Waals surface area contributed by atoms with E-state index in [1.54, 1.807) is 0 Å². The molecule has 276 valence electrons. The van der Waals surface area contributed by atoms with E-state index in [2.05, 4.69) is 243 Å². The molecule has 0 amide bonds. The zero-order valence-corrected chi connectivity index (χ0v) is 32.6. The van der Waals surface area contributed by atoms with Crippen LogP contribution >= 0.6 is 0 Å². The molecule has 0 heteroatoms. The molecule has 0 spiro atoms. The van der Waals surface area contributed by atoms with Gasteiger partial charge in [0.15, 0.2) is 0 Å². The monoisotopic (exact) mass is 748 g/mol. The fourth-order valence-electron chi connectivity index (χ4n) is 9.72. The van der Waals surface area contributed by atoms with Crippen molar-refractivity contribution in [3.8, 4) is 44.5 Å². The van der Waals surface area contributed by atoms with Crippen molar-refractivity contribution in [3.05, 3.63) is 264 Å². The van der Waals surface area contributed by atoms with Crippen molar-refractivity contribution >= 4 is 33.7 Å². The molecule has 0 bridgehead atoms. The van der Waals surface area contributed by atoms with Crippen LogP contribution in [0.2, 0.25) is 0 Å². The van der Waals surface area contributed by atoms with Crippen LogP contribution in [0.25, 0.3) is 78.2 Å². The third kappa shape index (κ3) is 5.76. The van der Waals surface area contributed by atoms with E-state index < -0.39 is 5.41 Å². The highest BCUT2D eigenvalue weighted by Crippen LogP contribution is 2.56. The molecule has 10 aromatic carbocycles. The van der Waals surface area contributed by atoms with Gasteiger partial charge in [-0.1, -0.05) is 243 Å². The van der Waals surface area contributed by atoms with Crippen LogP contribution in [-0.4, -0.2) is 0 Å².